The quantitative estimate of drug-likeness (QED) is 0.917. The number of hydrogen-bond acceptors (Lipinski definition) is 4. The maximum Gasteiger partial charge on any atom is 0.166 e. The van der Waals surface area contributed by atoms with Crippen LogP contribution in [0.3, 0.4) is 0 Å². The van der Waals surface area contributed by atoms with E-state index in [0.717, 1.165) is 48.9 Å². The van der Waals surface area contributed by atoms with E-state index in [9.17, 15) is 0 Å². The molecule has 1 N–H and O–H groups in total. The summed E-state index contributed by atoms with van der Waals surface area (Å²) in [6, 6.07) is 8.13. The third kappa shape index (κ3) is 2.43. The predicted molar refractivity (Wildman–Crippen MR) is 73.7 cm³/mol. The second-order valence-corrected chi connectivity index (χ2v) is 4.94. The first-order valence-electron chi connectivity index (χ1n) is 6.07. The van der Waals surface area contributed by atoms with Gasteiger partial charge in [-0.3, -0.25) is 0 Å². The zero-order valence-corrected chi connectivity index (χ0v) is 10.8. The van der Waals surface area contributed by atoms with Crippen LogP contribution in [-0.4, -0.2) is 13.2 Å². The van der Waals surface area contributed by atoms with Crippen molar-refractivity contribution in [1.29, 1.82) is 0 Å². The number of ether oxygens (including phenoxy) is 2. The van der Waals surface area contributed by atoms with E-state index in [1.807, 2.05) is 12.1 Å². The van der Waals surface area contributed by atoms with E-state index < -0.39 is 0 Å². The van der Waals surface area contributed by atoms with Gasteiger partial charge in [0.15, 0.2) is 11.5 Å². The third-order valence-corrected chi connectivity index (χ3v) is 3.54. The van der Waals surface area contributed by atoms with Crippen molar-refractivity contribution in [3.63, 3.8) is 0 Å². The summed E-state index contributed by atoms with van der Waals surface area (Å²) < 4.78 is 11.5. The summed E-state index contributed by atoms with van der Waals surface area (Å²) in [5, 5.41) is 7.55. The topological polar surface area (TPSA) is 30.5 Å². The molecule has 0 amide bonds. The normalized spacial score (nSPS) is 14.0. The first-order valence-corrected chi connectivity index (χ1v) is 7.01. The molecule has 0 radical (unpaired) electrons. The molecule has 0 saturated carbocycles. The Morgan fingerprint density at radius 3 is 3.00 bits per heavy atom. The molecule has 0 unspecified atom stereocenters. The molecular weight excluding hydrogens is 246 g/mol. The zero-order valence-electron chi connectivity index (χ0n) is 10.0. The molecule has 0 saturated heterocycles. The Kier molecular flexibility index (Phi) is 3.37. The van der Waals surface area contributed by atoms with E-state index in [4.69, 9.17) is 9.47 Å². The van der Waals surface area contributed by atoms with Gasteiger partial charge in [-0.1, -0.05) is 12.1 Å². The summed E-state index contributed by atoms with van der Waals surface area (Å²) in [6.45, 7) is 2.21. The molecule has 2 aromatic rings. The van der Waals surface area contributed by atoms with Crippen LogP contribution in [0.15, 0.2) is 35.0 Å². The number of nitrogens with one attached hydrogen (secondary N) is 1. The van der Waals surface area contributed by atoms with Crippen LogP contribution in [0.2, 0.25) is 0 Å². The highest BCUT2D eigenvalue weighted by molar-refractivity contribution is 7.08. The molecule has 1 aromatic heterocycles. The maximum absolute atomic E-state index is 5.79. The fraction of sp³-hybridized carbons (Fsp3) is 0.286. The Morgan fingerprint density at radius 1 is 1.17 bits per heavy atom. The van der Waals surface area contributed by atoms with Crippen LogP contribution in [0.25, 0.3) is 0 Å². The van der Waals surface area contributed by atoms with Crippen LogP contribution in [0.4, 0.5) is 5.69 Å². The van der Waals surface area contributed by atoms with Crippen LogP contribution in [0, 0.1) is 0 Å². The van der Waals surface area contributed by atoms with Gasteiger partial charge in [0.2, 0.25) is 0 Å². The summed E-state index contributed by atoms with van der Waals surface area (Å²) >= 11 is 1.69. The Morgan fingerprint density at radius 2 is 2.11 bits per heavy atom. The Bertz CT molecular complexity index is 511. The van der Waals surface area contributed by atoms with Gasteiger partial charge in [0.05, 0.1) is 13.2 Å². The van der Waals surface area contributed by atoms with Crippen LogP contribution in [0.5, 0.6) is 11.5 Å². The van der Waals surface area contributed by atoms with Gasteiger partial charge >= 0.3 is 0 Å². The van der Waals surface area contributed by atoms with E-state index >= 15 is 0 Å². The lowest BCUT2D eigenvalue weighted by Crippen LogP contribution is -2.03. The third-order valence-electron chi connectivity index (χ3n) is 2.86. The number of thiophene rings is 1. The summed E-state index contributed by atoms with van der Waals surface area (Å²) in [5.41, 5.74) is 2.28. The van der Waals surface area contributed by atoms with Crippen LogP contribution in [-0.2, 0) is 6.54 Å². The van der Waals surface area contributed by atoms with Crippen molar-refractivity contribution in [3.8, 4) is 11.5 Å². The monoisotopic (exact) mass is 261 g/mol. The average molecular weight is 261 g/mol. The summed E-state index contributed by atoms with van der Waals surface area (Å²) in [6.07, 6.45) is 0.937. The van der Waals surface area contributed by atoms with E-state index in [2.05, 4.69) is 28.2 Å². The van der Waals surface area contributed by atoms with Gasteiger partial charge in [-0.25, -0.2) is 0 Å². The van der Waals surface area contributed by atoms with E-state index in [-0.39, 0.29) is 0 Å². The zero-order chi connectivity index (χ0) is 12.2. The highest BCUT2D eigenvalue weighted by atomic mass is 32.1. The summed E-state index contributed by atoms with van der Waals surface area (Å²) in [5.74, 6) is 1.75. The summed E-state index contributed by atoms with van der Waals surface area (Å²) in [7, 11) is 0. The van der Waals surface area contributed by atoms with Gasteiger partial charge in [-0.2, -0.15) is 11.3 Å². The van der Waals surface area contributed by atoms with E-state index in [1.54, 1.807) is 11.3 Å². The number of rotatable bonds is 3. The molecule has 3 nitrogen and oxygen atoms in total. The minimum Gasteiger partial charge on any atom is -0.490 e. The molecule has 2 heterocycles. The molecule has 0 fully saturated rings. The van der Waals surface area contributed by atoms with Gasteiger partial charge in [0.25, 0.3) is 0 Å². The van der Waals surface area contributed by atoms with Gasteiger partial charge in [0, 0.05) is 29.6 Å². The first kappa shape index (κ1) is 11.4. The van der Waals surface area contributed by atoms with E-state index in [0.29, 0.717) is 0 Å². The fourth-order valence-corrected chi connectivity index (χ4v) is 2.57. The smallest absolute Gasteiger partial charge is 0.166 e. The van der Waals surface area contributed by atoms with Crippen molar-refractivity contribution < 1.29 is 9.47 Å². The summed E-state index contributed by atoms with van der Waals surface area (Å²) in [4.78, 5) is 0. The Labute approximate surface area is 110 Å². The molecule has 0 spiro atoms. The van der Waals surface area contributed by atoms with Gasteiger partial charge < -0.3 is 14.8 Å². The molecule has 18 heavy (non-hydrogen) atoms. The predicted octanol–water partition coefficient (Wildman–Crippen LogP) is 3.52. The second-order valence-electron chi connectivity index (χ2n) is 4.16. The van der Waals surface area contributed by atoms with Crippen LogP contribution in [0.1, 0.15) is 12.0 Å². The number of benzene rings is 1. The van der Waals surface area contributed by atoms with Gasteiger partial charge in [-0.05, 0) is 17.5 Å². The highest BCUT2D eigenvalue weighted by Gasteiger charge is 2.13. The number of fused-ring (bicyclic) bond motifs is 1. The van der Waals surface area contributed by atoms with Crippen LogP contribution >= 0.6 is 11.3 Å². The van der Waals surface area contributed by atoms with E-state index in [1.165, 1.54) is 0 Å². The molecule has 94 valence electrons. The SMILES string of the molecule is c1cc(CNc2ccsc2)c2c(c1)OCCCO2. The maximum atomic E-state index is 5.79. The molecule has 1 aliphatic heterocycles. The minimum absolute atomic E-state index is 0.725. The lowest BCUT2D eigenvalue weighted by atomic mass is 10.2. The van der Waals surface area contributed by atoms with Crippen LogP contribution < -0.4 is 14.8 Å². The standard InChI is InChI=1S/C14H15NO2S/c1-3-11(9-15-12-5-8-18-10-12)14-13(4-1)16-6-2-7-17-14/h1,3-5,8,10,15H,2,6-7,9H2. The van der Waals surface area contributed by atoms with Crippen molar-refractivity contribution in [2.75, 3.05) is 18.5 Å². The van der Waals surface area contributed by atoms with Crippen molar-refractivity contribution in [2.45, 2.75) is 13.0 Å². The van der Waals surface area contributed by atoms with Crippen molar-refractivity contribution in [2.24, 2.45) is 0 Å². The minimum atomic E-state index is 0.725. The Hall–Kier alpha value is -1.68. The van der Waals surface area contributed by atoms with Gasteiger partial charge in [-0.15, -0.1) is 0 Å². The highest BCUT2D eigenvalue weighted by Crippen LogP contribution is 2.33. The second kappa shape index (κ2) is 5.31. The molecule has 0 aliphatic carbocycles. The fourth-order valence-electron chi connectivity index (χ4n) is 1.96. The molecule has 4 heteroatoms. The Balaban J connectivity index is 1.79. The lowest BCUT2D eigenvalue weighted by Gasteiger charge is -2.13. The average Bonchev–Trinajstić information content (AvgIpc) is 2.79. The van der Waals surface area contributed by atoms with Crippen molar-refractivity contribution in [3.05, 3.63) is 40.6 Å². The largest absolute Gasteiger partial charge is 0.490 e. The molecule has 0 atom stereocenters. The molecule has 0 bridgehead atoms. The number of anilines is 1. The molecule has 1 aliphatic rings. The van der Waals surface area contributed by atoms with Crippen molar-refractivity contribution in [1.82, 2.24) is 0 Å². The first-order chi connectivity index (χ1) is 8.93. The lowest BCUT2D eigenvalue weighted by molar-refractivity contribution is 0.296. The molecular formula is C14H15NO2S. The van der Waals surface area contributed by atoms with Gasteiger partial charge in [0.1, 0.15) is 0 Å². The molecule has 3 rings (SSSR count). The van der Waals surface area contributed by atoms with Crippen molar-refractivity contribution >= 4 is 17.0 Å². The molecule has 1 aromatic carbocycles. The number of hydrogen-bond donors (Lipinski definition) is 1. The number of para-hydroxylation sites is 1.